The number of ether oxygens (including phenoxy) is 1. The van der Waals surface area contributed by atoms with Gasteiger partial charge in [-0.1, -0.05) is 20.8 Å². The first-order chi connectivity index (χ1) is 10.7. The lowest BCUT2D eigenvalue weighted by Crippen LogP contribution is -2.16. The van der Waals surface area contributed by atoms with E-state index < -0.39 is 5.97 Å². The number of hydrogen-bond acceptors (Lipinski definition) is 3. The van der Waals surface area contributed by atoms with Gasteiger partial charge in [0.1, 0.15) is 5.75 Å². The van der Waals surface area contributed by atoms with E-state index in [0.29, 0.717) is 22.4 Å². The van der Waals surface area contributed by atoms with Crippen LogP contribution in [0, 0.1) is 0 Å². The fourth-order valence-corrected chi connectivity index (χ4v) is 2.57. The maximum absolute atomic E-state index is 12.1. The van der Waals surface area contributed by atoms with Crippen molar-refractivity contribution >= 4 is 5.97 Å². The third-order valence-electron chi connectivity index (χ3n) is 3.68. The van der Waals surface area contributed by atoms with Crippen LogP contribution in [0.15, 0.2) is 35.3 Å². The third-order valence-corrected chi connectivity index (χ3v) is 3.68. The molecule has 0 bridgehead atoms. The minimum absolute atomic E-state index is 0.176. The molecule has 0 fully saturated rings. The number of hydrogen-bond donors (Lipinski definition) is 2. The van der Waals surface area contributed by atoms with Crippen LogP contribution < -0.4 is 10.3 Å². The smallest absolute Gasteiger partial charge is 0.307 e. The zero-order valence-electron chi connectivity index (χ0n) is 13.8. The monoisotopic (exact) mass is 315 g/mol. The van der Waals surface area contributed by atoms with E-state index in [2.05, 4.69) is 4.98 Å². The van der Waals surface area contributed by atoms with Crippen molar-refractivity contribution in [2.24, 2.45) is 0 Å². The van der Waals surface area contributed by atoms with E-state index in [-0.39, 0.29) is 17.4 Å². The molecule has 122 valence electrons. The van der Waals surface area contributed by atoms with Crippen LogP contribution in [0.1, 0.15) is 31.9 Å². The van der Waals surface area contributed by atoms with Gasteiger partial charge in [-0.25, -0.2) is 0 Å². The van der Waals surface area contributed by atoms with Crippen LogP contribution in [0.5, 0.6) is 5.75 Å². The van der Waals surface area contributed by atoms with Crippen molar-refractivity contribution in [2.45, 2.75) is 32.6 Å². The van der Waals surface area contributed by atoms with E-state index in [4.69, 9.17) is 4.74 Å². The Kier molecular flexibility index (Phi) is 4.59. The molecular formula is C18H21NO4. The van der Waals surface area contributed by atoms with E-state index in [0.717, 1.165) is 5.56 Å². The molecule has 1 aromatic carbocycles. The van der Waals surface area contributed by atoms with E-state index in [9.17, 15) is 14.7 Å². The largest absolute Gasteiger partial charge is 0.496 e. The van der Waals surface area contributed by atoms with Gasteiger partial charge < -0.3 is 14.8 Å². The highest BCUT2D eigenvalue weighted by molar-refractivity contribution is 5.78. The highest BCUT2D eigenvalue weighted by Gasteiger charge is 2.23. The van der Waals surface area contributed by atoms with Gasteiger partial charge in [-0.3, -0.25) is 9.59 Å². The second-order valence-corrected chi connectivity index (χ2v) is 6.44. The number of aliphatic carboxylic acids is 1. The summed E-state index contributed by atoms with van der Waals surface area (Å²) in [6.45, 7) is 6.13. The zero-order valence-corrected chi connectivity index (χ0v) is 13.8. The van der Waals surface area contributed by atoms with Crippen LogP contribution in [-0.4, -0.2) is 23.2 Å². The molecule has 0 unspecified atom stereocenters. The molecule has 1 aromatic heterocycles. The number of rotatable bonds is 4. The number of carboxylic acid groups (broad SMARTS) is 1. The van der Waals surface area contributed by atoms with Gasteiger partial charge in [0.25, 0.3) is 5.56 Å². The number of aromatic amines is 1. The first-order valence-corrected chi connectivity index (χ1v) is 7.35. The topological polar surface area (TPSA) is 79.4 Å². The van der Waals surface area contributed by atoms with Crippen LogP contribution in [0.25, 0.3) is 11.1 Å². The van der Waals surface area contributed by atoms with Crippen molar-refractivity contribution in [3.63, 3.8) is 0 Å². The van der Waals surface area contributed by atoms with Gasteiger partial charge in [-0.2, -0.15) is 0 Å². The van der Waals surface area contributed by atoms with E-state index in [1.807, 2.05) is 26.8 Å². The molecule has 0 saturated heterocycles. The number of methoxy groups -OCH3 is 1. The Morgan fingerprint density at radius 2 is 1.96 bits per heavy atom. The van der Waals surface area contributed by atoms with E-state index >= 15 is 0 Å². The fourth-order valence-electron chi connectivity index (χ4n) is 2.57. The minimum atomic E-state index is -0.954. The Labute approximate surface area is 134 Å². The van der Waals surface area contributed by atoms with Gasteiger partial charge in [0, 0.05) is 17.3 Å². The number of aromatic nitrogens is 1. The predicted molar refractivity (Wildman–Crippen MR) is 89.1 cm³/mol. The summed E-state index contributed by atoms with van der Waals surface area (Å²) in [5.74, 6) is -0.325. The molecule has 5 heteroatoms. The number of carbonyl (C=O) groups is 1. The lowest BCUT2D eigenvalue weighted by atomic mass is 9.83. The molecule has 0 atom stereocenters. The van der Waals surface area contributed by atoms with E-state index in [1.54, 1.807) is 31.5 Å². The highest BCUT2D eigenvalue weighted by Crippen LogP contribution is 2.36. The predicted octanol–water partition coefficient (Wildman–Crippen LogP) is 2.98. The van der Waals surface area contributed by atoms with Crippen LogP contribution in [0.4, 0.5) is 0 Å². The molecule has 1 heterocycles. The second kappa shape index (κ2) is 6.28. The van der Waals surface area contributed by atoms with Crippen molar-refractivity contribution in [3.8, 4) is 16.9 Å². The normalized spacial score (nSPS) is 11.3. The molecule has 0 aliphatic carbocycles. The Morgan fingerprint density at radius 3 is 2.48 bits per heavy atom. The lowest BCUT2D eigenvalue weighted by Gasteiger charge is -2.24. The molecule has 2 aromatic rings. The van der Waals surface area contributed by atoms with Crippen molar-refractivity contribution < 1.29 is 14.6 Å². The number of H-pyrrole nitrogens is 1. The Balaban J connectivity index is 2.79. The average Bonchev–Trinajstić information content (AvgIpc) is 2.46. The van der Waals surface area contributed by atoms with Crippen molar-refractivity contribution in [2.75, 3.05) is 7.11 Å². The summed E-state index contributed by atoms with van der Waals surface area (Å²) in [6.07, 6.45) is 1.38. The van der Waals surface area contributed by atoms with Gasteiger partial charge in [0.15, 0.2) is 0 Å². The molecule has 0 radical (unpaired) electrons. The maximum Gasteiger partial charge on any atom is 0.307 e. The van der Waals surface area contributed by atoms with Crippen LogP contribution in [-0.2, 0) is 16.6 Å². The molecule has 23 heavy (non-hydrogen) atoms. The number of carboxylic acids is 1. The lowest BCUT2D eigenvalue weighted by molar-refractivity contribution is -0.136. The molecule has 0 saturated carbocycles. The summed E-state index contributed by atoms with van der Waals surface area (Å²) < 4.78 is 5.44. The van der Waals surface area contributed by atoms with Gasteiger partial charge in [-0.15, -0.1) is 0 Å². The average molecular weight is 315 g/mol. The SMILES string of the molecule is COc1cc(CC(=O)O)c(-c2ccc[nH]c2=O)cc1C(C)(C)C. The number of benzene rings is 1. The minimum Gasteiger partial charge on any atom is -0.496 e. The van der Waals surface area contributed by atoms with Crippen LogP contribution in [0.2, 0.25) is 0 Å². The van der Waals surface area contributed by atoms with E-state index in [1.165, 1.54) is 0 Å². The molecule has 0 aliphatic heterocycles. The van der Waals surface area contributed by atoms with Crippen LogP contribution in [0.3, 0.4) is 0 Å². The van der Waals surface area contributed by atoms with Gasteiger partial charge in [0.05, 0.1) is 13.5 Å². The highest BCUT2D eigenvalue weighted by atomic mass is 16.5. The molecule has 2 N–H and O–H groups in total. The molecule has 2 rings (SSSR count). The molecule has 0 amide bonds. The molecule has 0 spiro atoms. The third kappa shape index (κ3) is 3.62. The standard InChI is InChI=1S/C18H21NO4/c1-18(2,3)14-10-13(12-6-5-7-19-17(12)22)11(9-16(20)21)8-15(14)23-4/h5-8,10H,9H2,1-4H3,(H,19,22)(H,20,21). The summed E-state index contributed by atoms with van der Waals surface area (Å²) >= 11 is 0. The van der Waals surface area contributed by atoms with Crippen molar-refractivity contribution in [3.05, 3.63) is 51.9 Å². The van der Waals surface area contributed by atoms with Gasteiger partial charge in [-0.05, 0) is 40.8 Å². The van der Waals surface area contributed by atoms with Crippen molar-refractivity contribution in [1.29, 1.82) is 0 Å². The van der Waals surface area contributed by atoms with Gasteiger partial charge >= 0.3 is 5.97 Å². The van der Waals surface area contributed by atoms with Crippen molar-refractivity contribution in [1.82, 2.24) is 4.98 Å². The summed E-state index contributed by atoms with van der Waals surface area (Å²) in [7, 11) is 1.56. The Hall–Kier alpha value is -2.56. The summed E-state index contributed by atoms with van der Waals surface area (Å²) in [5, 5.41) is 9.17. The summed E-state index contributed by atoms with van der Waals surface area (Å²) in [4.78, 5) is 26.0. The number of nitrogens with one attached hydrogen (secondary N) is 1. The molecular weight excluding hydrogens is 294 g/mol. The van der Waals surface area contributed by atoms with Gasteiger partial charge in [0.2, 0.25) is 0 Å². The maximum atomic E-state index is 12.1. The number of pyridine rings is 1. The Morgan fingerprint density at radius 1 is 1.26 bits per heavy atom. The quantitative estimate of drug-likeness (QED) is 0.909. The zero-order chi connectivity index (χ0) is 17.2. The van der Waals surface area contributed by atoms with Crippen LogP contribution >= 0.6 is 0 Å². The Bertz CT molecular complexity index is 784. The fraction of sp³-hybridized carbons (Fsp3) is 0.333. The first kappa shape index (κ1) is 16.8. The second-order valence-electron chi connectivity index (χ2n) is 6.44. The first-order valence-electron chi connectivity index (χ1n) is 7.35. The molecule has 0 aliphatic rings. The summed E-state index contributed by atoms with van der Waals surface area (Å²) in [5.41, 5.74) is 2.11. The molecule has 5 nitrogen and oxygen atoms in total. The summed E-state index contributed by atoms with van der Waals surface area (Å²) in [6, 6.07) is 7.00.